The number of hydrogen-bond acceptors (Lipinski definition) is 0. The minimum atomic E-state index is -0.147. The predicted octanol–water partition coefficient (Wildman–Crippen LogP) is 2.00. The van der Waals surface area contributed by atoms with Crippen LogP contribution in [-0.2, 0) is 0 Å². The van der Waals surface area contributed by atoms with Gasteiger partial charge in [0.15, 0.2) is 0 Å². The first-order valence-corrected chi connectivity index (χ1v) is 2.76. The Balaban J connectivity index is 2.70. The minimum absolute atomic E-state index is 0.147. The minimum Gasteiger partial charge on any atom is -0.206 e. The van der Waals surface area contributed by atoms with Crippen molar-refractivity contribution in [1.29, 1.82) is 0 Å². The molecule has 1 aromatic rings. The molecule has 0 unspecified atom stereocenters. The fraction of sp³-hybridized carbons (Fsp3) is 0. The third kappa shape index (κ3) is 0.515. The monoisotopic (exact) mass is 119 g/mol. The second-order valence-corrected chi connectivity index (χ2v) is 1.99. The van der Waals surface area contributed by atoms with Crippen LogP contribution >= 0.6 is 0 Å². The van der Waals surface area contributed by atoms with Crippen molar-refractivity contribution in [3.8, 4) is 0 Å². The summed E-state index contributed by atoms with van der Waals surface area (Å²) in [6.45, 7) is 0. The smallest absolute Gasteiger partial charge is 0.131 e. The molecule has 0 aromatic heterocycles. The highest BCUT2D eigenvalue weighted by molar-refractivity contribution is 5.66. The average molecular weight is 119 g/mol. The Hall–Kier alpha value is -1.11. The molecule has 0 saturated carbocycles. The Morgan fingerprint density at radius 2 is 2.22 bits per heavy atom. The van der Waals surface area contributed by atoms with Crippen LogP contribution in [0.1, 0.15) is 11.1 Å². The molecule has 1 aliphatic rings. The van der Waals surface area contributed by atoms with Crippen LogP contribution in [-0.4, -0.2) is 0 Å². The van der Waals surface area contributed by atoms with Gasteiger partial charge >= 0.3 is 0 Å². The largest absolute Gasteiger partial charge is 0.206 e. The molecule has 1 radical (unpaired) electrons. The molecule has 0 nitrogen and oxygen atoms in total. The molecule has 0 atom stereocenters. The molecule has 0 N–H and O–H groups in total. The van der Waals surface area contributed by atoms with Crippen molar-refractivity contribution in [2.75, 3.05) is 0 Å². The van der Waals surface area contributed by atoms with Gasteiger partial charge in [-0.2, -0.15) is 0 Å². The lowest BCUT2D eigenvalue weighted by molar-refractivity contribution is 0.623. The lowest BCUT2D eigenvalue weighted by Gasteiger charge is -2.08. The maximum absolute atomic E-state index is 12.6. The molecule has 0 bridgehead atoms. The van der Waals surface area contributed by atoms with Crippen LogP contribution in [0.25, 0.3) is 6.08 Å². The van der Waals surface area contributed by atoms with Gasteiger partial charge in [-0.15, -0.1) is 0 Å². The fourth-order valence-electron chi connectivity index (χ4n) is 0.882. The molecule has 43 valence electrons. The standard InChI is InChI=1S/C8H4F/c9-8-3-1-2-6-4-5-7(6)8/h1-3,5H. The molecule has 0 saturated heterocycles. The van der Waals surface area contributed by atoms with Crippen molar-refractivity contribution in [3.05, 3.63) is 41.2 Å². The molecule has 0 fully saturated rings. The fourth-order valence-corrected chi connectivity index (χ4v) is 0.882. The summed E-state index contributed by atoms with van der Waals surface area (Å²) >= 11 is 0. The van der Waals surface area contributed by atoms with Crippen molar-refractivity contribution in [2.24, 2.45) is 0 Å². The SMILES string of the molecule is Fc1cccc2c1C=[C]2. The summed E-state index contributed by atoms with van der Waals surface area (Å²) in [5.74, 6) is -0.147. The number of rotatable bonds is 0. The van der Waals surface area contributed by atoms with Crippen LogP contribution in [0, 0.1) is 11.9 Å². The van der Waals surface area contributed by atoms with E-state index in [4.69, 9.17) is 0 Å². The summed E-state index contributed by atoms with van der Waals surface area (Å²) in [4.78, 5) is 0. The van der Waals surface area contributed by atoms with Gasteiger partial charge in [0.2, 0.25) is 0 Å². The second kappa shape index (κ2) is 1.44. The number of hydrogen-bond donors (Lipinski definition) is 0. The summed E-state index contributed by atoms with van der Waals surface area (Å²) in [5.41, 5.74) is 1.58. The quantitative estimate of drug-likeness (QED) is 0.497. The molecule has 0 aliphatic heterocycles. The Kier molecular flexibility index (Phi) is 0.758. The van der Waals surface area contributed by atoms with Gasteiger partial charge in [-0.05, 0) is 23.8 Å². The Bertz CT molecular complexity index is 274. The lowest BCUT2D eigenvalue weighted by atomic mass is 9.98. The van der Waals surface area contributed by atoms with Crippen LogP contribution < -0.4 is 0 Å². The number of benzene rings is 1. The molecule has 1 aromatic carbocycles. The Labute approximate surface area is 52.6 Å². The van der Waals surface area contributed by atoms with Crippen molar-refractivity contribution in [1.82, 2.24) is 0 Å². The van der Waals surface area contributed by atoms with E-state index in [-0.39, 0.29) is 5.82 Å². The molecule has 1 aliphatic carbocycles. The van der Waals surface area contributed by atoms with E-state index in [2.05, 4.69) is 6.08 Å². The van der Waals surface area contributed by atoms with E-state index < -0.39 is 0 Å². The summed E-state index contributed by atoms with van der Waals surface area (Å²) in [5, 5.41) is 0. The second-order valence-electron chi connectivity index (χ2n) is 1.99. The molecule has 1 heteroatoms. The Morgan fingerprint density at radius 3 is 2.67 bits per heavy atom. The summed E-state index contributed by atoms with van der Waals surface area (Å²) in [6, 6.07) is 4.99. The van der Waals surface area contributed by atoms with Gasteiger partial charge in [-0.1, -0.05) is 12.1 Å². The van der Waals surface area contributed by atoms with Gasteiger partial charge in [0.25, 0.3) is 0 Å². The van der Waals surface area contributed by atoms with Crippen LogP contribution in [0.2, 0.25) is 0 Å². The van der Waals surface area contributed by atoms with Crippen molar-refractivity contribution in [2.45, 2.75) is 0 Å². The molecule has 2 rings (SSSR count). The number of halogens is 1. The van der Waals surface area contributed by atoms with Crippen molar-refractivity contribution >= 4 is 6.08 Å². The summed E-state index contributed by atoms with van der Waals surface area (Å²) in [6.07, 6.45) is 4.52. The zero-order valence-electron chi connectivity index (χ0n) is 4.69. The van der Waals surface area contributed by atoms with Crippen LogP contribution in [0.3, 0.4) is 0 Å². The van der Waals surface area contributed by atoms with Gasteiger partial charge in [0.05, 0.1) is 0 Å². The van der Waals surface area contributed by atoms with Crippen LogP contribution in [0.5, 0.6) is 0 Å². The highest BCUT2D eigenvalue weighted by atomic mass is 19.1. The molecular weight excluding hydrogens is 115 g/mol. The van der Waals surface area contributed by atoms with Crippen molar-refractivity contribution in [3.63, 3.8) is 0 Å². The maximum atomic E-state index is 12.6. The summed E-state index contributed by atoms with van der Waals surface area (Å²) in [7, 11) is 0. The zero-order chi connectivity index (χ0) is 6.27. The van der Waals surface area contributed by atoms with Crippen LogP contribution in [0.15, 0.2) is 18.2 Å². The first-order valence-electron chi connectivity index (χ1n) is 2.76. The first-order chi connectivity index (χ1) is 4.38. The van der Waals surface area contributed by atoms with E-state index in [1.807, 2.05) is 6.07 Å². The summed E-state index contributed by atoms with van der Waals surface area (Å²) < 4.78 is 12.6. The van der Waals surface area contributed by atoms with Gasteiger partial charge < -0.3 is 0 Å². The third-order valence-electron chi connectivity index (χ3n) is 1.42. The van der Waals surface area contributed by atoms with E-state index in [9.17, 15) is 4.39 Å². The lowest BCUT2D eigenvalue weighted by Crippen LogP contribution is -1.94. The first kappa shape index (κ1) is 4.74. The van der Waals surface area contributed by atoms with E-state index >= 15 is 0 Å². The van der Waals surface area contributed by atoms with Crippen molar-refractivity contribution < 1.29 is 4.39 Å². The topological polar surface area (TPSA) is 0 Å². The van der Waals surface area contributed by atoms with Gasteiger partial charge in [-0.25, -0.2) is 4.39 Å². The maximum Gasteiger partial charge on any atom is 0.131 e. The van der Waals surface area contributed by atoms with Gasteiger partial charge in [0.1, 0.15) is 5.82 Å². The third-order valence-corrected chi connectivity index (χ3v) is 1.42. The number of fused-ring (bicyclic) bond motifs is 1. The zero-order valence-corrected chi connectivity index (χ0v) is 4.69. The Morgan fingerprint density at radius 1 is 1.33 bits per heavy atom. The van der Waals surface area contributed by atoms with Gasteiger partial charge in [-0.3, -0.25) is 0 Å². The normalized spacial score (nSPS) is 12.6. The molecule has 9 heavy (non-hydrogen) atoms. The molecular formula is C8H4F. The van der Waals surface area contributed by atoms with Crippen LogP contribution in [0.4, 0.5) is 4.39 Å². The van der Waals surface area contributed by atoms with E-state index in [1.165, 1.54) is 6.07 Å². The highest BCUT2D eigenvalue weighted by Gasteiger charge is 2.08. The van der Waals surface area contributed by atoms with Gasteiger partial charge in [0, 0.05) is 5.56 Å². The van der Waals surface area contributed by atoms with E-state index in [0.29, 0.717) is 5.56 Å². The molecule has 0 heterocycles. The van der Waals surface area contributed by atoms with E-state index in [1.54, 1.807) is 12.1 Å². The average Bonchev–Trinajstić information content (AvgIpc) is 1.74. The molecule has 0 amide bonds. The van der Waals surface area contributed by atoms with E-state index in [0.717, 1.165) is 5.56 Å². The highest BCUT2D eigenvalue weighted by Crippen LogP contribution is 2.22. The predicted molar refractivity (Wildman–Crippen MR) is 33.2 cm³/mol. The molecule has 0 spiro atoms.